The second-order valence-corrected chi connectivity index (χ2v) is 9.36. The molecule has 33 heavy (non-hydrogen) atoms. The van der Waals surface area contributed by atoms with Crippen LogP contribution in [0.15, 0.2) is 24.5 Å². The second-order valence-electron chi connectivity index (χ2n) is 9.36. The number of morpholine rings is 1. The van der Waals surface area contributed by atoms with Crippen LogP contribution >= 0.6 is 0 Å². The Hall–Kier alpha value is -2.80. The maximum Gasteiger partial charge on any atom is 0.149 e. The fourth-order valence-electron chi connectivity index (χ4n) is 5.07. The summed E-state index contributed by atoms with van der Waals surface area (Å²) in [6.45, 7) is 9.49. The zero-order valence-electron chi connectivity index (χ0n) is 19.9. The van der Waals surface area contributed by atoms with Gasteiger partial charge in [-0.25, -0.2) is 15.0 Å². The van der Waals surface area contributed by atoms with Gasteiger partial charge in [0.15, 0.2) is 0 Å². The molecule has 0 unspecified atom stereocenters. The minimum absolute atomic E-state index is 0.210. The summed E-state index contributed by atoms with van der Waals surface area (Å²) < 4.78 is 12.1. The third kappa shape index (κ3) is 4.93. The van der Waals surface area contributed by atoms with Gasteiger partial charge < -0.3 is 14.4 Å². The lowest BCUT2D eigenvalue weighted by Gasteiger charge is -2.31. The van der Waals surface area contributed by atoms with Gasteiger partial charge in [-0.15, -0.1) is 0 Å². The molecule has 0 N–H and O–H groups in total. The Kier molecular flexibility index (Phi) is 6.40. The summed E-state index contributed by atoms with van der Waals surface area (Å²) in [4.78, 5) is 20.7. The number of anilines is 1. The summed E-state index contributed by atoms with van der Waals surface area (Å²) in [6.07, 6.45) is 9.14. The van der Waals surface area contributed by atoms with Crippen LogP contribution in [-0.2, 0) is 11.2 Å². The summed E-state index contributed by atoms with van der Waals surface area (Å²) >= 11 is 0. The monoisotopic (exact) mass is 447 g/mol. The average molecular weight is 448 g/mol. The van der Waals surface area contributed by atoms with Crippen molar-refractivity contribution in [2.24, 2.45) is 5.92 Å². The predicted molar refractivity (Wildman–Crippen MR) is 129 cm³/mol. The molecule has 2 aliphatic rings. The standard InChI is InChI=1S/C26H33N5O2/c1-17-18(2)29-19(3)30-23(17)14-20-4-6-22(7-5-20)33-25-16-21(31-10-12-32-13-11-31)15-24-26(25)28-9-8-27-24/h8-9,15-16,20,22H,4-7,10-14H2,1-3H3. The molecule has 1 saturated heterocycles. The van der Waals surface area contributed by atoms with Gasteiger partial charge in [0.25, 0.3) is 0 Å². The van der Waals surface area contributed by atoms with E-state index >= 15 is 0 Å². The van der Waals surface area contributed by atoms with E-state index in [1.807, 2.05) is 6.92 Å². The maximum absolute atomic E-state index is 6.57. The van der Waals surface area contributed by atoms with E-state index < -0.39 is 0 Å². The zero-order chi connectivity index (χ0) is 22.8. The van der Waals surface area contributed by atoms with Crippen LogP contribution in [-0.4, -0.2) is 52.3 Å². The SMILES string of the molecule is Cc1nc(C)c(C)c(CC2CCC(Oc3cc(N4CCOCC4)cc4nccnc34)CC2)n1. The van der Waals surface area contributed by atoms with E-state index in [4.69, 9.17) is 14.5 Å². The number of nitrogens with zero attached hydrogens (tertiary/aromatic N) is 5. The van der Waals surface area contributed by atoms with Crippen LogP contribution in [0.4, 0.5) is 5.69 Å². The molecular weight excluding hydrogens is 414 g/mol. The van der Waals surface area contributed by atoms with Gasteiger partial charge in [-0.2, -0.15) is 0 Å². The van der Waals surface area contributed by atoms with Gasteiger partial charge in [0.1, 0.15) is 17.1 Å². The lowest BCUT2D eigenvalue weighted by atomic mass is 9.83. The largest absolute Gasteiger partial charge is 0.488 e. The van der Waals surface area contributed by atoms with Crippen LogP contribution in [0.5, 0.6) is 5.75 Å². The molecule has 174 valence electrons. The smallest absolute Gasteiger partial charge is 0.149 e. The van der Waals surface area contributed by atoms with E-state index in [0.717, 1.165) is 92.4 Å². The molecule has 0 spiro atoms. The Bertz CT molecular complexity index is 1120. The van der Waals surface area contributed by atoms with Crippen molar-refractivity contribution < 1.29 is 9.47 Å². The van der Waals surface area contributed by atoms with Gasteiger partial charge in [0.2, 0.25) is 0 Å². The van der Waals surface area contributed by atoms with Crippen molar-refractivity contribution in [3.8, 4) is 5.75 Å². The number of hydrogen-bond acceptors (Lipinski definition) is 7. The second kappa shape index (κ2) is 9.59. The van der Waals surface area contributed by atoms with Gasteiger partial charge in [0.05, 0.1) is 24.8 Å². The van der Waals surface area contributed by atoms with Crippen LogP contribution in [0.25, 0.3) is 11.0 Å². The first-order valence-corrected chi connectivity index (χ1v) is 12.1. The fourth-order valence-corrected chi connectivity index (χ4v) is 5.07. The highest BCUT2D eigenvalue weighted by Gasteiger charge is 2.25. The van der Waals surface area contributed by atoms with Crippen molar-refractivity contribution >= 4 is 16.7 Å². The molecule has 3 aromatic rings. The molecule has 0 atom stereocenters. The van der Waals surface area contributed by atoms with E-state index in [-0.39, 0.29) is 6.10 Å². The van der Waals surface area contributed by atoms with Gasteiger partial charge >= 0.3 is 0 Å². The third-order valence-corrected chi connectivity index (χ3v) is 7.07. The van der Waals surface area contributed by atoms with E-state index in [1.54, 1.807) is 12.4 Å². The minimum atomic E-state index is 0.210. The molecule has 0 amide bonds. The average Bonchev–Trinajstić information content (AvgIpc) is 2.84. The van der Waals surface area contributed by atoms with Crippen LogP contribution < -0.4 is 9.64 Å². The zero-order valence-corrected chi connectivity index (χ0v) is 19.9. The molecular formula is C26H33N5O2. The summed E-state index contributed by atoms with van der Waals surface area (Å²) in [5, 5.41) is 0. The van der Waals surface area contributed by atoms with Crippen molar-refractivity contribution in [1.82, 2.24) is 19.9 Å². The highest BCUT2D eigenvalue weighted by molar-refractivity contribution is 5.85. The van der Waals surface area contributed by atoms with E-state index in [2.05, 4.69) is 45.8 Å². The van der Waals surface area contributed by atoms with Crippen molar-refractivity contribution in [2.45, 2.75) is 59.0 Å². The molecule has 1 aliphatic heterocycles. The summed E-state index contributed by atoms with van der Waals surface area (Å²) in [5.74, 6) is 2.37. The molecule has 1 aromatic carbocycles. The summed E-state index contributed by atoms with van der Waals surface area (Å²) in [5.41, 5.74) is 6.42. The van der Waals surface area contributed by atoms with Gasteiger partial charge in [-0.3, -0.25) is 4.98 Å². The Labute approximate surface area is 195 Å². The van der Waals surface area contributed by atoms with Crippen molar-refractivity contribution in [3.63, 3.8) is 0 Å². The summed E-state index contributed by atoms with van der Waals surface area (Å²) in [7, 11) is 0. The highest BCUT2D eigenvalue weighted by atomic mass is 16.5. The molecule has 1 aliphatic carbocycles. The first kappa shape index (κ1) is 22.0. The molecule has 7 heteroatoms. The Morgan fingerprint density at radius 1 is 0.970 bits per heavy atom. The first-order valence-electron chi connectivity index (χ1n) is 12.1. The van der Waals surface area contributed by atoms with Gasteiger partial charge in [-0.1, -0.05) is 0 Å². The summed E-state index contributed by atoms with van der Waals surface area (Å²) in [6, 6.07) is 4.26. The molecule has 2 fully saturated rings. The topological polar surface area (TPSA) is 73.3 Å². The van der Waals surface area contributed by atoms with Crippen molar-refractivity contribution in [2.75, 3.05) is 31.2 Å². The van der Waals surface area contributed by atoms with Gasteiger partial charge in [-0.05, 0) is 70.4 Å². The maximum atomic E-state index is 6.57. The number of ether oxygens (including phenoxy) is 2. The number of benzene rings is 1. The number of hydrogen-bond donors (Lipinski definition) is 0. The van der Waals surface area contributed by atoms with Crippen molar-refractivity contribution in [1.29, 1.82) is 0 Å². The van der Waals surface area contributed by atoms with Gasteiger partial charge in [0, 0.05) is 48.6 Å². The van der Waals surface area contributed by atoms with Crippen molar-refractivity contribution in [3.05, 3.63) is 47.3 Å². The number of aryl methyl sites for hydroxylation is 2. The minimum Gasteiger partial charge on any atom is -0.488 e. The van der Waals surface area contributed by atoms with Crippen LogP contribution in [0.1, 0.15) is 48.5 Å². The number of rotatable bonds is 5. The molecule has 0 radical (unpaired) electrons. The highest BCUT2D eigenvalue weighted by Crippen LogP contribution is 2.35. The van der Waals surface area contributed by atoms with E-state index in [0.29, 0.717) is 5.92 Å². The van der Waals surface area contributed by atoms with Crippen LogP contribution in [0.2, 0.25) is 0 Å². The molecule has 3 heterocycles. The number of aromatic nitrogens is 4. The van der Waals surface area contributed by atoms with Crippen LogP contribution in [0.3, 0.4) is 0 Å². The van der Waals surface area contributed by atoms with E-state index in [1.165, 1.54) is 11.3 Å². The molecule has 7 nitrogen and oxygen atoms in total. The Balaban J connectivity index is 1.28. The molecule has 5 rings (SSSR count). The predicted octanol–water partition coefficient (Wildman–Crippen LogP) is 4.36. The fraction of sp³-hybridized carbons (Fsp3) is 0.538. The first-order chi connectivity index (χ1) is 16.1. The molecule has 0 bridgehead atoms. The third-order valence-electron chi connectivity index (χ3n) is 7.07. The van der Waals surface area contributed by atoms with Crippen LogP contribution in [0, 0.1) is 26.7 Å². The Morgan fingerprint density at radius 2 is 1.73 bits per heavy atom. The lowest BCUT2D eigenvalue weighted by molar-refractivity contribution is 0.122. The molecule has 1 saturated carbocycles. The van der Waals surface area contributed by atoms with E-state index in [9.17, 15) is 0 Å². The normalized spacial score (nSPS) is 21.4. The quantitative estimate of drug-likeness (QED) is 0.575. The number of fused-ring (bicyclic) bond motifs is 1. The lowest BCUT2D eigenvalue weighted by Crippen LogP contribution is -2.36. The Morgan fingerprint density at radius 3 is 2.52 bits per heavy atom. The molecule has 2 aromatic heterocycles.